The van der Waals surface area contributed by atoms with Crippen molar-refractivity contribution >= 4 is 27.6 Å². The number of rotatable bonds is 5. The minimum atomic E-state index is -3.51. The average molecular weight is 334 g/mol. The van der Waals surface area contributed by atoms with Gasteiger partial charge in [0.15, 0.2) is 6.10 Å². The van der Waals surface area contributed by atoms with Gasteiger partial charge in [0.2, 0.25) is 10.0 Å². The Morgan fingerprint density at radius 1 is 1.48 bits per heavy atom. The molecule has 0 aliphatic carbocycles. The zero-order valence-electron chi connectivity index (χ0n) is 11.2. The van der Waals surface area contributed by atoms with Crippen molar-refractivity contribution in [1.29, 1.82) is 0 Å². The summed E-state index contributed by atoms with van der Waals surface area (Å²) in [5, 5.41) is 9.46. The van der Waals surface area contributed by atoms with E-state index in [1.165, 1.54) is 4.31 Å². The second-order valence-electron chi connectivity index (χ2n) is 4.75. The van der Waals surface area contributed by atoms with Crippen LogP contribution in [0.5, 0.6) is 0 Å². The largest absolute Gasteiger partial charge is 0.479 e. The highest BCUT2D eigenvalue weighted by Gasteiger charge is 2.32. The van der Waals surface area contributed by atoms with Crippen LogP contribution >= 0.6 is 11.6 Å². The standard InChI is InChI=1S/C13H16ClNO5S/c14-11-3-1-2-10(8-11)4-7-21(18,19)15-5-6-20-12(9-15)13(16)17/h1-3,8,12H,4-7,9H2,(H,16,17). The summed E-state index contributed by atoms with van der Waals surface area (Å²) in [6.07, 6.45) is -0.766. The summed E-state index contributed by atoms with van der Waals surface area (Å²) in [6.45, 7) is 0.127. The van der Waals surface area contributed by atoms with Crippen molar-refractivity contribution in [3.8, 4) is 0 Å². The van der Waals surface area contributed by atoms with Crippen molar-refractivity contribution in [2.45, 2.75) is 12.5 Å². The molecule has 21 heavy (non-hydrogen) atoms. The molecule has 0 saturated carbocycles. The molecule has 0 aromatic heterocycles. The Labute approximate surface area is 128 Å². The van der Waals surface area contributed by atoms with E-state index in [0.29, 0.717) is 11.4 Å². The van der Waals surface area contributed by atoms with Gasteiger partial charge < -0.3 is 9.84 Å². The predicted molar refractivity (Wildman–Crippen MR) is 77.9 cm³/mol. The van der Waals surface area contributed by atoms with E-state index in [2.05, 4.69) is 0 Å². The average Bonchev–Trinajstić information content (AvgIpc) is 2.45. The number of morpholine rings is 1. The highest BCUT2D eigenvalue weighted by atomic mass is 35.5. The molecule has 0 bridgehead atoms. The van der Waals surface area contributed by atoms with Gasteiger partial charge in [-0.05, 0) is 24.1 Å². The van der Waals surface area contributed by atoms with Crippen molar-refractivity contribution in [3.05, 3.63) is 34.9 Å². The van der Waals surface area contributed by atoms with Gasteiger partial charge in [0.05, 0.1) is 18.9 Å². The summed E-state index contributed by atoms with van der Waals surface area (Å²) in [7, 11) is -3.51. The number of nitrogens with zero attached hydrogens (tertiary/aromatic N) is 1. The van der Waals surface area contributed by atoms with E-state index in [9.17, 15) is 13.2 Å². The molecule has 116 valence electrons. The molecule has 1 saturated heterocycles. The minimum absolute atomic E-state index is 0.0836. The van der Waals surface area contributed by atoms with E-state index in [1.807, 2.05) is 0 Å². The molecular weight excluding hydrogens is 318 g/mol. The maximum atomic E-state index is 12.3. The number of sulfonamides is 1. The van der Waals surface area contributed by atoms with Crippen LogP contribution in [-0.2, 0) is 26.0 Å². The smallest absolute Gasteiger partial charge is 0.334 e. The van der Waals surface area contributed by atoms with Gasteiger partial charge in [-0.1, -0.05) is 23.7 Å². The van der Waals surface area contributed by atoms with Crippen molar-refractivity contribution < 1.29 is 23.1 Å². The molecule has 1 aromatic carbocycles. The molecule has 1 aromatic rings. The predicted octanol–water partition coefficient (Wildman–Crippen LogP) is 0.998. The van der Waals surface area contributed by atoms with Gasteiger partial charge >= 0.3 is 5.97 Å². The summed E-state index contributed by atoms with van der Waals surface area (Å²) in [5.74, 6) is -1.23. The number of carboxylic acids is 1. The Hall–Kier alpha value is -1.15. The topological polar surface area (TPSA) is 83.9 Å². The number of aliphatic carboxylic acids is 1. The molecule has 8 heteroatoms. The lowest BCUT2D eigenvalue weighted by Gasteiger charge is -2.30. The zero-order chi connectivity index (χ0) is 15.5. The van der Waals surface area contributed by atoms with Crippen LogP contribution in [0.2, 0.25) is 5.02 Å². The summed E-state index contributed by atoms with van der Waals surface area (Å²) in [6, 6.07) is 7.01. The number of hydrogen-bond acceptors (Lipinski definition) is 4. The molecule has 1 N–H and O–H groups in total. The third-order valence-corrected chi connectivity index (χ3v) is 5.31. The Morgan fingerprint density at radius 2 is 2.24 bits per heavy atom. The molecule has 2 rings (SSSR count). The Balaban J connectivity index is 1.99. The van der Waals surface area contributed by atoms with Crippen molar-refractivity contribution in [1.82, 2.24) is 4.31 Å². The van der Waals surface area contributed by atoms with Crippen LogP contribution in [0.25, 0.3) is 0 Å². The quantitative estimate of drug-likeness (QED) is 0.869. The van der Waals surface area contributed by atoms with Crippen molar-refractivity contribution in [2.24, 2.45) is 0 Å². The molecule has 1 aliphatic rings. The Morgan fingerprint density at radius 3 is 2.90 bits per heavy atom. The van der Waals surface area contributed by atoms with E-state index >= 15 is 0 Å². The summed E-state index contributed by atoms with van der Waals surface area (Å²) < 4.78 is 30.7. The summed E-state index contributed by atoms with van der Waals surface area (Å²) in [5.41, 5.74) is 0.828. The number of ether oxygens (including phenoxy) is 1. The molecule has 1 atom stereocenters. The van der Waals surface area contributed by atoms with Crippen LogP contribution in [0.4, 0.5) is 0 Å². The van der Waals surface area contributed by atoms with Gasteiger partial charge in [-0.3, -0.25) is 0 Å². The minimum Gasteiger partial charge on any atom is -0.479 e. The molecule has 0 radical (unpaired) electrons. The lowest BCUT2D eigenvalue weighted by molar-refractivity contribution is -0.153. The molecule has 1 aliphatic heterocycles. The zero-order valence-corrected chi connectivity index (χ0v) is 12.8. The van der Waals surface area contributed by atoms with Crippen molar-refractivity contribution in [3.63, 3.8) is 0 Å². The number of carbonyl (C=O) groups is 1. The first-order valence-corrected chi connectivity index (χ1v) is 8.44. The van der Waals surface area contributed by atoms with E-state index in [4.69, 9.17) is 21.4 Å². The molecule has 6 nitrogen and oxygen atoms in total. The maximum absolute atomic E-state index is 12.3. The van der Waals surface area contributed by atoms with Gasteiger partial charge in [-0.15, -0.1) is 0 Å². The van der Waals surface area contributed by atoms with Crippen molar-refractivity contribution in [2.75, 3.05) is 25.4 Å². The van der Waals surface area contributed by atoms with Gasteiger partial charge in [0.25, 0.3) is 0 Å². The molecule has 0 spiro atoms. The van der Waals surface area contributed by atoms with Crippen LogP contribution in [0.15, 0.2) is 24.3 Å². The molecular formula is C13H16ClNO5S. The fourth-order valence-electron chi connectivity index (χ4n) is 2.10. The van der Waals surface area contributed by atoms with Gasteiger partial charge in [-0.25, -0.2) is 13.2 Å². The van der Waals surface area contributed by atoms with Gasteiger partial charge in [0, 0.05) is 11.6 Å². The first-order chi connectivity index (χ1) is 9.88. The normalized spacial score (nSPS) is 20.3. The number of benzene rings is 1. The number of carboxylic acid groups (broad SMARTS) is 1. The molecule has 1 fully saturated rings. The molecule has 1 unspecified atom stereocenters. The monoisotopic (exact) mass is 333 g/mol. The highest BCUT2D eigenvalue weighted by molar-refractivity contribution is 7.89. The molecule has 1 heterocycles. The van der Waals surface area contributed by atoms with Crippen LogP contribution in [0.3, 0.4) is 0 Å². The first-order valence-electron chi connectivity index (χ1n) is 6.45. The number of aryl methyl sites for hydroxylation is 1. The summed E-state index contributed by atoms with van der Waals surface area (Å²) >= 11 is 5.86. The number of hydrogen-bond donors (Lipinski definition) is 1. The van der Waals surface area contributed by atoms with E-state index in [1.54, 1.807) is 24.3 Å². The van der Waals surface area contributed by atoms with E-state index in [0.717, 1.165) is 5.56 Å². The van der Waals surface area contributed by atoms with Crippen LogP contribution < -0.4 is 0 Å². The van der Waals surface area contributed by atoms with Gasteiger partial charge in [-0.2, -0.15) is 4.31 Å². The van der Waals surface area contributed by atoms with Crippen LogP contribution in [0.1, 0.15) is 5.56 Å². The lowest BCUT2D eigenvalue weighted by atomic mass is 10.2. The third-order valence-electron chi connectivity index (χ3n) is 3.24. The Bertz CT molecular complexity index is 619. The lowest BCUT2D eigenvalue weighted by Crippen LogP contribution is -2.49. The van der Waals surface area contributed by atoms with Crippen LogP contribution in [0, 0.1) is 0 Å². The van der Waals surface area contributed by atoms with Crippen LogP contribution in [-0.4, -0.2) is 55.4 Å². The maximum Gasteiger partial charge on any atom is 0.334 e. The second-order valence-corrected chi connectivity index (χ2v) is 7.28. The fourth-order valence-corrected chi connectivity index (χ4v) is 3.78. The van der Waals surface area contributed by atoms with Gasteiger partial charge in [0.1, 0.15) is 0 Å². The molecule has 0 amide bonds. The highest BCUT2D eigenvalue weighted by Crippen LogP contribution is 2.15. The first kappa shape index (κ1) is 16.2. The Kier molecular flexibility index (Phi) is 5.21. The second kappa shape index (κ2) is 6.74. The fraction of sp³-hybridized carbons (Fsp3) is 0.462. The SMILES string of the molecule is O=C(O)C1CN(S(=O)(=O)CCc2cccc(Cl)c2)CCO1. The third kappa shape index (κ3) is 4.41. The number of halogens is 1. The summed E-state index contributed by atoms with van der Waals surface area (Å²) in [4.78, 5) is 10.9. The van der Waals surface area contributed by atoms with E-state index in [-0.39, 0.29) is 25.4 Å². The van der Waals surface area contributed by atoms with E-state index < -0.39 is 22.1 Å².